The zero-order valence-electron chi connectivity index (χ0n) is 18.3. The number of halogens is 5. The minimum atomic E-state index is -5.17. The molecule has 7 nitrogen and oxygen atoms in total. The number of rotatable bonds is 7. The summed E-state index contributed by atoms with van der Waals surface area (Å²) in [5.74, 6) is -2.15. The first-order valence-electron chi connectivity index (χ1n) is 9.48. The van der Waals surface area contributed by atoms with Crippen LogP contribution in [-0.2, 0) is 15.1 Å². The monoisotopic (exact) mass is 502 g/mol. The first-order chi connectivity index (χ1) is 14.4. The summed E-state index contributed by atoms with van der Waals surface area (Å²) in [5, 5.41) is 19.9. The molecule has 0 saturated heterocycles. The molecule has 0 spiro atoms. The van der Waals surface area contributed by atoms with E-state index in [0.717, 1.165) is 11.9 Å². The highest BCUT2D eigenvalue weighted by atomic mass is 35.5. The molecule has 2 N–H and O–H groups in total. The largest absolute Gasteiger partial charge is 0.471 e. The Balaban J connectivity index is 3.71. The smallest absolute Gasteiger partial charge is 0.444 e. The van der Waals surface area contributed by atoms with Crippen molar-refractivity contribution in [2.24, 2.45) is 0 Å². The van der Waals surface area contributed by atoms with Gasteiger partial charge in [-0.2, -0.15) is 13.2 Å². The number of carbonyl (C=O) groups is 2. The van der Waals surface area contributed by atoms with Crippen LogP contribution in [0.5, 0.6) is 0 Å². The maximum absolute atomic E-state index is 13.1. The van der Waals surface area contributed by atoms with Crippen LogP contribution >= 0.6 is 23.2 Å². The second-order valence-corrected chi connectivity index (χ2v) is 9.21. The molecular weight excluding hydrogens is 476 g/mol. The van der Waals surface area contributed by atoms with Crippen molar-refractivity contribution in [1.29, 1.82) is 0 Å². The summed E-state index contributed by atoms with van der Waals surface area (Å²) in [6.45, 7) is 3.35. The van der Waals surface area contributed by atoms with Crippen LogP contribution in [0.1, 0.15) is 32.8 Å². The van der Waals surface area contributed by atoms with Gasteiger partial charge in [0.05, 0.1) is 28.3 Å². The fourth-order valence-corrected chi connectivity index (χ4v) is 3.43. The van der Waals surface area contributed by atoms with Gasteiger partial charge in [0.15, 0.2) is 0 Å². The fraction of sp³-hybridized carbons (Fsp3) is 0.600. The lowest BCUT2D eigenvalue weighted by Gasteiger charge is -2.45. The minimum absolute atomic E-state index is 0.0365. The van der Waals surface area contributed by atoms with Gasteiger partial charge in [-0.1, -0.05) is 29.3 Å². The molecule has 1 rings (SSSR count). The highest BCUT2D eigenvalue weighted by molar-refractivity contribution is 6.42. The van der Waals surface area contributed by atoms with Crippen molar-refractivity contribution in [2.45, 2.75) is 50.6 Å². The number of ether oxygens (including phenoxy) is 1. The average Bonchev–Trinajstić information content (AvgIpc) is 2.65. The van der Waals surface area contributed by atoms with Gasteiger partial charge in [0.1, 0.15) is 5.60 Å². The van der Waals surface area contributed by atoms with E-state index >= 15 is 0 Å². The molecule has 0 aliphatic rings. The predicted octanol–water partition coefficient (Wildman–Crippen LogP) is 3.82. The van der Waals surface area contributed by atoms with Crippen molar-refractivity contribution >= 4 is 35.2 Å². The summed E-state index contributed by atoms with van der Waals surface area (Å²) in [7, 11) is 2.17. The molecule has 0 fully saturated rings. The lowest BCUT2D eigenvalue weighted by atomic mass is 9.82. The Bertz CT molecular complexity index is 832. The summed E-state index contributed by atoms with van der Waals surface area (Å²) < 4.78 is 44.6. The number of amides is 2. The normalized spacial score (nSPS) is 15.0. The van der Waals surface area contributed by atoms with Gasteiger partial charge in [0.25, 0.3) is 0 Å². The van der Waals surface area contributed by atoms with Gasteiger partial charge in [-0.3, -0.25) is 9.69 Å². The molecular formula is C20H27Cl2F3N2O5. The maximum Gasteiger partial charge on any atom is 0.471 e. The highest BCUT2D eigenvalue weighted by Crippen LogP contribution is 2.38. The van der Waals surface area contributed by atoms with Crippen LogP contribution in [0.25, 0.3) is 0 Å². The van der Waals surface area contributed by atoms with Crippen LogP contribution < -0.4 is 0 Å². The third-order valence-corrected chi connectivity index (χ3v) is 5.38. The number of benzene rings is 1. The number of hydrogen-bond donors (Lipinski definition) is 2. The molecule has 0 bridgehead atoms. The summed E-state index contributed by atoms with van der Waals surface area (Å²) in [4.78, 5) is 26.2. The first-order valence-corrected chi connectivity index (χ1v) is 10.2. The molecule has 32 heavy (non-hydrogen) atoms. The average molecular weight is 503 g/mol. The number of alkyl halides is 3. The first kappa shape index (κ1) is 28.3. The molecule has 0 aliphatic heterocycles. The Hall–Kier alpha value is -1.75. The van der Waals surface area contributed by atoms with E-state index in [1.165, 1.54) is 25.2 Å². The Morgan fingerprint density at radius 2 is 1.69 bits per heavy atom. The van der Waals surface area contributed by atoms with E-state index in [-0.39, 0.29) is 15.6 Å². The zero-order valence-corrected chi connectivity index (χ0v) is 19.8. The standard InChI is InChI=1S/C20H27Cl2F3N2O5/c1-18(2,3)32-17(31)27(5)19(9-13(29)10-28,11-26(4)16(30)20(23,24)25)12-6-7-14(21)15(22)8-12/h6-8,13,28-29H,9-11H2,1-5H3/t13?,19-/m1/s1. The van der Waals surface area contributed by atoms with E-state index < -0.39 is 55.0 Å². The van der Waals surface area contributed by atoms with Gasteiger partial charge in [-0.05, 0) is 38.5 Å². The van der Waals surface area contributed by atoms with E-state index in [1.54, 1.807) is 20.8 Å². The molecule has 1 aromatic carbocycles. The minimum Gasteiger partial charge on any atom is -0.444 e. The molecule has 0 heterocycles. The molecule has 2 atom stereocenters. The van der Waals surface area contributed by atoms with Crippen LogP contribution in [0.2, 0.25) is 10.0 Å². The lowest BCUT2D eigenvalue weighted by molar-refractivity contribution is -0.186. The van der Waals surface area contributed by atoms with Crippen LogP contribution in [-0.4, -0.2) is 77.1 Å². The van der Waals surface area contributed by atoms with Crippen molar-refractivity contribution in [3.63, 3.8) is 0 Å². The van der Waals surface area contributed by atoms with Gasteiger partial charge in [-0.15, -0.1) is 0 Å². The Kier molecular flexibility index (Phi) is 9.24. The number of hydrogen-bond acceptors (Lipinski definition) is 5. The lowest BCUT2D eigenvalue weighted by Crippen LogP contribution is -2.57. The van der Waals surface area contributed by atoms with Crippen LogP contribution in [0.3, 0.4) is 0 Å². The quantitative estimate of drug-likeness (QED) is 0.591. The molecule has 12 heteroatoms. The number of nitrogens with zero attached hydrogens (tertiary/aromatic N) is 2. The molecule has 1 unspecified atom stereocenters. The third kappa shape index (κ3) is 7.13. The van der Waals surface area contributed by atoms with Gasteiger partial charge in [0.2, 0.25) is 0 Å². The van der Waals surface area contributed by atoms with E-state index in [9.17, 15) is 33.0 Å². The summed E-state index contributed by atoms with van der Waals surface area (Å²) in [6, 6.07) is 4.10. The number of aliphatic hydroxyl groups excluding tert-OH is 2. The van der Waals surface area contributed by atoms with Crippen molar-refractivity contribution in [1.82, 2.24) is 9.80 Å². The molecule has 2 amide bonds. The van der Waals surface area contributed by atoms with Gasteiger partial charge >= 0.3 is 18.2 Å². The van der Waals surface area contributed by atoms with Crippen molar-refractivity contribution < 1.29 is 37.7 Å². The van der Waals surface area contributed by atoms with Crippen molar-refractivity contribution in [3.8, 4) is 0 Å². The third-order valence-electron chi connectivity index (χ3n) is 4.64. The second kappa shape index (κ2) is 10.5. The van der Waals surface area contributed by atoms with E-state index in [1.807, 2.05) is 0 Å². The van der Waals surface area contributed by atoms with Crippen molar-refractivity contribution in [3.05, 3.63) is 33.8 Å². The van der Waals surface area contributed by atoms with Gasteiger partial charge in [0, 0.05) is 27.1 Å². The number of likely N-dealkylation sites (N-methyl/N-ethyl adjacent to an activating group) is 2. The zero-order chi connectivity index (χ0) is 25.1. The van der Waals surface area contributed by atoms with E-state index in [4.69, 9.17) is 27.9 Å². The fourth-order valence-electron chi connectivity index (χ4n) is 3.14. The molecule has 0 saturated carbocycles. The SMILES string of the molecule is CN(C[C@](CC(O)CO)(c1ccc(Cl)c(Cl)c1)N(C)C(=O)OC(C)(C)C)C(=O)C(F)(F)F. The van der Waals surface area contributed by atoms with Crippen LogP contribution in [0, 0.1) is 0 Å². The van der Waals surface area contributed by atoms with E-state index in [2.05, 4.69) is 0 Å². The maximum atomic E-state index is 13.1. The molecule has 182 valence electrons. The summed E-state index contributed by atoms with van der Waals surface area (Å²) in [5.41, 5.74) is -2.54. The second-order valence-electron chi connectivity index (χ2n) is 8.40. The molecule has 0 aromatic heterocycles. The van der Waals surface area contributed by atoms with Crippen LogP contribution in [0.4, 0.5) is 18.0 Å². The summed E-state index contributed by atoms with van der Waals surface area (Å²) in [6.07, 6.45) is -7.99. The number of aliphatic hydroxyl groups is 2. The summed E-state index contributed by atoms with van der Waals surface area (Å²) >= 11 is 12.1. The Morgan fingerprint density at radius 1 is 1.12 bits per heavy atom. The van der Waals surface area contributed by atoms with Crippen molar-refractivity contribution in [2.75, 3.05) is 27.2 Å². The predicted molar refractivity (Wildman–Crippen MR) is 114 cm³/mol. The van der Waals surface area contributed by atoms with Gasteiger partial charge < -0.3 is 19.8 Å². The highest BCUT2D eigenvalue weighted by Gasteiger charge is 2.48. The molecule has 0 radical (unpaired) electrons. The Labute approximate surface area is 194 Å². The van der Waals surface area contributed by atoms with E-state index in [0.29, 0.717) is 4.90 Å². The Morgan fingerprint density at radius 3 is 2.12 bits per heavy atom. The molecule has 0 aliphatic carbocycles. The van der Waals surface area contributed by atoms with Gasteiger partial charge in [-0.25, -0.2) is 4.79 Å². The molecule has 1 aromatic rings. The van der Waals surface area contributed by atoms with Crippen LogP contribution in [0.15, 0.2) is 18.2 Å². The number of carbonyl (C=O) groups excluding carboxylic acids is 2. The topological polar surface area (TPSA) is 90.3 Å².